The summed E-state index contributed by atoms with van der Waals surface area (Å²) in [6, 6.07) is 15.9. The molecule has 1 atom stereocenters. The lowest BCUT2D eigenvalue weighted by atomic mass is 10.0. The second-order valence-corrected chi connectivity index (χ2v) is 5.76. The summed E-state index contributed by atoms with van der Waals surface area (Å²) in [5, 5.41) is 7.76. The van der Waals surface area contributed by atoms with Gasteiger partial charge in [0.05, 0.1) is 27.5 Å². The van der Waals surface area contributed by atoms with Crippen LogP contribution in [0.4, 0.5) is 5.69 Å². The van der Waals surface area contributed by atoms with E-state index in [-0.39, 0.29) is 6.04 Å². The van der Waals surface area contributed by atoms with Crippen LogP contribution in [0.2, 0.25) is 10.0 Å². The first-order chi connectivity index (χ1) is 10.2. The van der Waals surface area contributed by atoms with E-state index < -0.39 is 0 Å². The largest absolute Gasteiger partial charge is 0.325 e. The molecule has 0 aliphatic carbocycles. The van der Waals surface area contributed by atoms with Crippen molar-refractivity contribution < 1.29 is 0 Å². The van der Waals surface area contributed by atoms with Crippen LogP contribution in [0.25, 0.3) is 0 Å². The molecular weight excluding hydrogens is 305 g/mol. The Morgan fingerprint density at radius 2 is 1.86 bits per heavy atom. The van der Waals surface area contributed by atoms with E-state index in [2.05, 4.69) is 5.10 Å². The van der Waals surface area contributed by atoms with E-state index in [9.17, 15) is 0 Å². The van der Waals surface area contributed by atoms with Gasteiger partial charge in [0.15, 0.2) is 0 Å². The molecule has 5 heteroatoms. The molecule has 2 N–H and O–H groups in total. The molecule has 3 nitrogen and oxygen atoms in total. The van der Waals surface area contributed by atoms with Crippen LogP contribution < -0.4 is 10.7 Å². The van der Waals surface area contributed by atoms with Gasteiger partial charge in [-0.05, 0) is 29.8 Å². The van der Waals surface area contributed by atoms with Crippen molar-refractivity contribution >= 4 is 34.6 Å². The third-order valence-corrected chi connectivity index (χ3v) is 4.30. The van der Waals surface area contributed by atoms with E-state index >= 15 is 0 Å². The van der Waals surface area contributed by atoms with Crippen LogP contribution in [0.1, 0.15) is 18.0 Å². The van der Waals surface area contributed by atoms with Gasteiger partial charge in [-0.3, -0.25) is 5.01 Å². The molecule has 1 unspecified atom stereocenters. The van der Waals surface area contributed by atoms with Crippen LogP contribution in [0.3, 0.4) is 0 Å². The van der Waals surface area contributed by atoms with Crippen LogP contribution in [-0.4, -0.2) is 12.3 Å². The first-order valence-electron chi connectivity index (χ1n) is 6.74. The lowest BCUT2D eigenvalue weighted by Crippen LogP contribution is -2.18. The normalized spacial score (nSPS) is 18.0. The van der Waals surface area contributed by atoms with Gasteiger partial charge in [-0.15, -0.1) is 0 Å². The van der Waals surface area contributed by atoms with Gasteiger partial charge in [0.25, 0.3) is 0 Å². The van der Waals surface area contributed by atoms with E-state index in [1.807, 2.05) is 53.5 Å². The molecule has 21 heavy (non-hydrogen) atoms. The number of anilines is 1. The maximum absolute atomic E-state index is 6.14. The average molecular weight is 320 g/mol. The SMILES string of the molecule is NCC1=NN(c2ccccc2)C(c2ccc(Cl)c(Cl)c2)C1. The number of hydrogen-bond acceptors (Lipinski definition) is 3. The minimum absolute atomic E-state index is 0.0979. The van der Waals surface area contributed by atoms with Crippen molar-refractivity contribution in [3.05, 3.63) is 64.1 Å². The smallest absolute Gasteiger partial charge is 0.0829 e. The van der Waals surface area contributed by atoms with Crippen LogP contribution in [0, 0.1) is 0 Å². The zero-order valence-electron chi connectivity index (χ0n) is 11.3. The van der Waals surface area contributed by atoms with Gasteiger partial charge in [-0.25, -0.2) is 0 Å². The fourth-order valence-corrected chi connectivity index (χ4v) is 2.80. The van der Waals surface area contributed by atoms with Crippen LogP contribution in [-0.2, 0) is 0 Å². The molecule has 0 saturated carbocycles. The number of benzene rings is 2. The highest BCUT2D eigenvalue weighted by molar-refractivity contribution is 6.42. The van der Waals surface area contributed by atoms with Crippen molar-refractivity contribution in [1.82, 2.24) is 0 Å². The van der Waals surface area contributed by atoms with Gasteiger partial charge >= 0.3 is 0 Å². The molecule has 108 valence electrons. The van der Waals surface area contributed by atoms with Crippen molar-refractivity contribution in [3.8, 4) is 0 Å². The third-order valence-electron chi connectivity index (χ3n) is 3.56. The summed E-state index contributed by atoms with van der Waals surface area (Å²) in [5.74, 6) is 0. The predicted octanol–water partition coefficient (Wildman–Crippen LogP) is 4.26. The maximum atomic E-state index is 6.14. The van der Waals surface area contributed by atoms with Crippen molar-refractivity contribution in [2.45, 2.75) is 12.5 Å². The van der Waals surface area contributed by atoms with E-state index in [0.717, 1.165) is 23.4 Å². The molecule has 0 fully saturated rings. The summed E-state index contributed by atoms with van der Waals surface area (Å²) < 4.78 is 0. The summed E-state index contributed by atoms with van der Waals surface area (Å²) in [6.45, 7) is 0.459. The lowest BCUT2D eigenvalue weighted by molar-refractivity contribution is 0.708. The number of rotatable bonds is 3. The Morgan fingerprint density at radius 1 is 1.10 bits per heavy atom. The van der Waals surface area contributed by atoms with Gasteiger partial charge in [0, 0.05) is 13.0 Å². The molecule has 2 aromatic rings. The zero-order chi connectivity index (χ0) is 14.8. The van der Waals surface area contributed by atoms with Gasteiger partial charge < -0.3 is 5.73 Å². The molecule has 0 aromatic heterocycles. The van der Waals surface area contributed by atoms with E-state index in [1.165, 1.54) is 0 Å². The number of para-hydroxylation sites is 1. The van der Waals surface area contributed by atoms with Crippen molar-refractivity contribution in [3.63, 3.8) is 0 Å². The molecule has 0 bridgehead atoms. The molecule has 2 aromatic carbocycles. The van der Waals surface area contributed by atoms with E-state index in [0.29, 0.717) is 16.6 Å². The Hall–Kier alpha value is -1.55. The molecule has 0 radical (unpaired) electrons. The Balaban J connectivity index is 1.98. The summed E-state index contributed by atoms with van der Waals surface area (Å²) in [6.07, 6.45) is 0.795. The summed E-state index contributed by atoms with van der Waals surface area (Å²) in [4.78, 5) is 0. The predicted molar refractivity (Wildman–Crippen MR) is 89.2 cm³/mol. The first-order valence-corrected chi connectivity index (χ1v) is 7.50. The second-order valence-electron chi connectivity index (χ2n) is 4.94. The fraction of sp³-hybridized carbons (Fsp3) is 0.188. The molecule has 0 spiro atoms. The van der Waals surface area contributed by atoms with Crippen molar-refractivity contribution in [1.29, 1.82) is 0 Å². The molecule has 1 heterocycles. The van der Waals surface area contributed by atoms with Crippen LogP contribution in [0.5, 0.6) is 0 Å². The maximum Gasteiger partial charge on any atom is 0.0829 e. The standard InChI is InChI=1S/C16H15Cl2N3/c17-14-7-6-11(8-15(14)18)16-9-12(10-19)20-21(16)13-4-2-1-3-5-13/h1-8,16H,9-10,19H2. The molecule has 1 aliphatic rings. The number of nitrogens with zero attached hydrogens (tertiary/aromatic N) is 2. The lowest BCUT2D eigenvalue weighted by Gasteiger charge is -2.24. The van der Waals surface area contributed by atoms with Crippen LogP contribution >= 0.6 is 23.2 Å². The molecule has 3 rings (SSSR count). The van der Waals surface area contributed by atoms with Gasteiger partial charge in [-0.2, -0.15) is 5.10 Å². The first kappa shape index (κ1) is 14.4. The fourth-order valence-electron chi connectivity index (χ4n) is 2.49. The van der Waals surface area contributed by atoms with Gasteiger partial charge in [0.1, 0.15) is 0 Å². The number of hydrogen-bond donors (Lipinski definition) is 1. The number of hydrazone groups is 1. The van der Waals surface area contributed by atoms with Gasteiger partial charge in [-0.1, -0.05) is 47.5 Å². The third kappa shape index (κ3) is 2.91. The van der Waals surface area contributed by atoms with E-state index in [4.69, 9.17) is 28.9 Å². The summed E-state index contributed by atoms with van der Waals surface area (Å²) in [5.41, 5.74) is 8.87. The Morgan fingerprint density at radius 3 is 2.52 bits per heavy atom. The van der Waals surface area contributed by atoms with Gasteiger partial charge in [0.2, 0.25) is 0 Å². The molecule has 1 aliphatic heterocycles. The van der Waals surface area contributed by atoms with E-state index in [1.54, 1.807) is 0 Å². The Kier molecular flexibility index (Phi) is 4.15. The second kappa shape index (κ2) is 6.06. The Labute approximate surface area is 134 Å². The monoisotopic (exact) mass is 319 g/mol. The molecule has 0 saturated heterocycles. The minimum atomic E-state index is 0.0979. The highest BCUT2D eigenvalue weighted by atomic mass is 35.5. The minimum Gasteiger partial charge on any atom is -0.325 e. The highest BCUT2D eigenvalue weighted by Gasteiger charge is 2.28. The summed E-state index contributed by atoms with van der Waals surface area (Å²) in [7, 11) is 0. The average Bonchev–Trinajstić information content (AvgIpc) is 2.95. The zero-order valence-corrected chi connectivity index (χ0v) is 12.8. The molecular formula is C16H15Cl2N3. The van der Waals surface area contributed by atoms with Crippen molar-refractivity contribution in [2.75, 3.05) is 11.6 Å². The molecule has 0 amide bonds. The topological polar surface area (TPSA) is 41.6 Å². The Bertz CT molecular complexity index is 670. The number of halogens is 2. The highest BCUT2D eigenvalue weighted by Crippen LogP contribution is 2.36. The quantitative estimate of drug-likeness (QED) is 0.918. The number of nitrogens with two attached hydrogens (primary N) is 1. The summed E-state index contributed by atoms with van der Waals surface area (Å²) >= 11 is 12.1. The van der Waals surface area contributed by atoms with Crippen LogP contribution in [0.15, 0.2) is 53.6 Å². The van der Waals surface area contributed by atoms with Crippen molar-refractivity contribution in [2.24, 2.45) is 10.8 Å².